The molecule has 0 unspecified atom stereocenters. The van der Waals surface area contributed by atoms with Crippen LogP contribution in [0.15, 0.2) is 53.5 Å². The van der Waals surface area contributed by atoms with E-state index >= 15 is 0 Å². The summed E-state index contributed by atoms with van der Waals surface area (Å²) in [6.07, 6.45) is 3.90. The summed E-state index contributed by atoms with van der Waals surface area (Å²) < 4.78 is 2.40. The van der Waals surface area contributed by atoms with E-state index in [4.69, 9.17) is 11.0 Å². The zero-order chi connectivity index (χ0) is 18.5. The van der Waals surface area contributed by atoms with E-state index in [1.165, 1.54) is 16.8 Å². The summed E-state index contributed by atoms with van der Waals surface area (Å²) >= 11 is 0. The number of aromatic nitrogens is 1. The number of nitrogens with zero attached hydrogens (tertiary/aromatic N) is 3. The first-order chi connectivity index (χ1) is 12.6. The predicted octanol–water partition coefficient (Wildman–Crippen LogP) is 3.97. The first-order valence-electron chi connectivity index (χ1n) is 8.78. The summed E-state index contributed by atoms with van der Waals surface area (Å²) in [6, 6.07) is 16.8. The van der Waals surface area contributed by atoms with Gasteiger partial charge < -0.3 is 10.3 Å². The average molecular weight is 345 g/mol. The standard InChI is InChI=1S/C21H23N5/c1-3-7-19-12-17-11-18(25-21(23)24-14-22)10-15(2)20(17)26(19)13-16-8-5-4-6-9-16/h4-6,8-12H,3,7,13H2,1-2H3,(H3,23,24,25). The number of aliphatic imine (C=N–C) groups is 1. The third kappa shape index (κ3) is 3.70. The van der Waals surface area contributed by atoms with Gasteiger partial charge >= 0.3 is 0 Å². The van der Waals surface area contributed by atoms with Crippen LogP contribution in [0, 0.1) is 18.4 Å². The van der Waals surface area contributed by atoms with Gasteiger partial charge in [0.05, 0.1) is 11.2 Å². The van der Waals surface area contributed by atoms with Crippen molar-refractivity contribution >= 4 is 22.5 Å². The normalized spacial score (nSPS) is 11.5. The van der Waals surface area contributed by atoms with Crippen molar-refractivity contribution in [3.05, 3.63) is 65.4 Å². The molecule has 0 amide bonds. The molecule has 2 aromatic carbocycles. The van der Waals surface area contributed by atoms with E-state index in [-0.39, 0.29) is 5.96 Å². The van der Waals surface area contributed by atoms with Crippen molar-refractivity contribution in [3.8, 4) is 6.19 Å². The van der Waals surface area contributed by atoms with Gasteiger partial charge in [-0.25, -0.2) is 4.99 Å². The van der Waals surface area contributed by atoms with E-state index in [1.807, 2.05) is 18.2 Å². The number of rotatable bonds is 5. The van der Waals surface area contributed by atoms with Gasteiger partial charge in [0.1, 0.15) is 0 Å². The van der Waals surface area contributed by atoms with Crippen molar-refractivity contribution in [2.24, 2.45) is 10.7 Å². The van der Waals surface area contributed by atoms with Crippen LogP contribution in [-0.4, -0.2) is 10.5 Å². The van der Waals surface area contributed by atoms with Gasteiger partial charge in [-0.05, 0) is 42.7 Å². The van der Waals surface area contributed by atoms with E-state index in [0.717, 1.165) is 36.0 Å². The lowest BCUT2D eigenvalue weighted by molar-refractivity contribution is 0.745. The van der Waals surface area contributed by atoms with Crippen molar-refractivity contribution in [3.63, 3.8) is 0 Å². The Balaban J connectivity index is 2.10. The van der Waals surface area contributed by atoms with Gasteiger partial charge in [0, 0.05) is 17.6 Å². The molecule has 26 heavy (non-hydrogen) atoms. The third-order valence-electron chi connectivity index (χ3n) is 4.38. The number of hydrogen-bond donors (Lipinski definition) is 2. The van der Waals surface area contributed by atoms with E-state index in [2.05, 4.69) is 59.1 Å². The largest absolute Gasteiger partial charge is 0.369 e. The molecule has 0 saturated carbocycles. The highest BCUT2D eigenvalue weighted by Gasteiger charge is 2.12. The molecule has 0 aliphatic rings. The fraction of sp³-hybridized carbons (Fsp3) is 0.238. The van der Waals surface area contributed by atoms with Crippen LogP contribution in [0.1, 0.15) is 30.2 Å². The van der Waals surface area contributed by atoms with Crippen LogP contribution in [0.4, 0.5) is 5.69 Å². The highest BCUT2D eigenvalue weighted by molar-refractivity contribution is 5.89. The number of fused-ring (bicyclic) bond motifs is 1. The lowest BCUT2D eigenvalue weighted by Crippen LogP contribution is -2.26. The molecule has 0 atom stereocenters. The number of guanidine groups is 1. The zero-order valence-corrected chi connectivity index (χ0v) is 15.2. The van der Waals surface area contributed by atoms with Crippen molar-refractivity contribution < 1.29 is 0 Å². The second kappa shape index (κ2) is 7.75. The Morgan fingerprint density at radius 1 is 1.23 bits per heavy atom. The molecule has 0 saturated heterocycles. The number of nitriles is 1. The Morgan fingerprint density at radius 2 is 2.00 bits per heavy atom. The highest BCUT2D eigenvalue weighted by Crippen LogP contribution is 2.30. The molecule has 5 nitrogen and oxygen atoms in total. The first-order valence-corrected chi connectivity index (χ1v) is 8.78. The molecule has 0 radical (unpaired) electrons. The summed E-state index contributed by atoms with van der Waals surface area (Å²) in [4.78, 5) is 4.28. The lowest BCUT2D eigenvalue weighted by Gasteiger charge is -2.12. The van der Waals surface area contributed by atoms with Crippen LogP contribution in [0.5, 0.6) is 0 Å². The Morgan fingerprint density at radius 3 is 2.69 bits per heavy atom. The number of hydrogen-bond acceptors (Lipinski definition) is 2. The fourth-order valence-corrected chi connectivity index (χ4v) is 3.37. The Labute approximate surface area is 153 Å². The van der Waals surface area contributed by atoms with Gasteiger partial charge in [-0.15, -0.1) is 0 Å². The summed E-state index contributed by atoms with van der Waals surface area (Å²) in [5, 5.41) is 12.2. The van der Waals surface area contributed by atoms with Crippen molar-refractivity contribution in [2.45, 2.75) is 33.2 Å². The molecule has 5 heteroatoms. The van der Waals surface area contributed by atoms with E-state index in [0.29, 0.717) is 0 Å². The maximum atomic E-state index is 8.65. The molecule has 1 aromatic heterocycles. The topological polar surface area (TPSA) is 79.1 Å². The third-order valence-corrected chi connectivity index (χ3v) is 4.38. The minimum Gasteiger partial charge on any atom is -0.369 e. The van der Waals surface area contributed by atoms with Gasteiger partial charge in [0.15, 0.2) is 6.19 Å². The Kier molecular flexibility index (Phi) is 5.23. The molecule has 0 bridgehead atoms. The molecule has 3 aromatic rings. The highest BCUT2D eigenvalue weighted by atomic mass is 15.1. The molecule has 0 aliphatic carbocycles. The smallest absolute Gasteiger partial charge is 0.207 e. The number of benzene rings is 2. The minimum absolute atomic E-state index is 0.101. The van der Waals surface area contributed by atoms with Crippen molar-refractivity contribution in [2.75, 3.05) is 0 Å². The molecular formula is C21H23N5. The van der Waals surface area contributed by atoms with Gasteiger partial charge in [-0.1, -0.05) is 43.7 Å². The van der Waals surface area contributed by atoms with Gasteiger partial charge in [0.25, 0.3) is 0 Å². The van der Waals surface area contributed by atoms with E-state index in [9.17, 15) is 0 Å². The number of aryl methyl sites for hydroxylation is 2. The second-order valence-electron chi connectivity index (χ2n) is 6.39. The summed E-state index contributed by atoms with van der Waals surface area (Å²) in [7, 11) is 0. The van der Waals surface area contributed by atoms with Crippen molar-refractivity contribution in [1.29, 1.82) is 5.26 Å². The monoisotopic (exact) mass is 345 g/mol. The molecule has 1 heterocycles. The number of nitrogens with one attached hydrogen (secondary N) is 1. The lowest BCUT2D eigenvalue weighted by atomic mass is 10.1. The number of nitrogens with two attached hydrogens (primary N) is 1. The molecular weight excluding hydrogens is 322 g/mol. The summed E-state index contributed by atoms with van der Waals surface area (Å²) in [6.45, 7) is 5.13. The molecule has 0 spiro atoms. The zero-order valence-electron chi connectivity index (χ0n) is 15.2. The fourth-order valence-electron chi connectivity index (χ4n) is 3.37. The molecule has 0 fully saturated rings. The van der Waals surface area contributed by atoms with Crippen LogP contribution < -0.4 is 11.1 Å². The molecule has 132 valence electrons. The Bertz CT molecular complexity index is 977. The van der Waals surface area contributed by atoms with Gasteiger partial charge in [0.2, 0.25) is 5.96 Å². The summed E-state index contributed by atoms with van der Waals surface area (Å²) in [5.41, 5.74) is 11.4. The Hall–Kier alpha value is -3.26. The van der Waals surface area contributed by atoms with E-state index in [1.54, 1.807) is 6.19 Å². The minimum atomic E-state index is 0.101. The van der Waals surface area contributed by atoms with Gasteiger partial charge in [-0.3, -0.25) is 5.32 Å². The van der Waals surface area contributed by atoms with Crippen LogP contribution in [0.3, 0.4) is 0 Å². The molecule has 3 N–H and O–H groups in total. The molecule has 0 aliphatic heterocycles. The predicted molar refractivity (Wildman–Crippen MR) is 106 cm³/mol. The van der Waals surface area contributed by atoms with E-state index < -0.39 is 0 Å². The second-order valence-corrected chi connectivity index (χ2v) is 6.39. The molecule has 3 rings (SSSR count). The first kappa shape index (κ1) is 17.6. The van der Waals surface area contributed by atoms with Crippen LogP contribution in [0.25, 0.3) is 10.9 Å². The van der Waals surface area contributed by atoms with Crippen LogP contribution >= 0.6 is 0 Å². The average Bonchev–Trinajstić information content (AvgIpc) is 2.94. The maximum Gasteiger partial charge on any atom is 0.207 e. The van der Waals surface area contributed by atoms with Gasteiger partial charge in [-0.2, -0.15) is 5.26 Å². The van der Waals surface area contributed by atoms with Crippen molar-refractivity contribution in [1.82, 2.24) is 9.88 Å². The van der Waals surface area contributed by atoms with Crippen LogP contribution in [0.2, 0.25) is 0 Å². The SMILES string of the molecule is CCCc1cc2cc(N=C(N)NC#N)cc(C)c2n1Cc1ccccc1. The van der Waals surface area contributed by atoms with Crippen LogP contribution in [-0.2, 0) is 13.0 Å². The maximum absolute atomic E-state index is 8.65. The summed E-state index contributed by atoms with van der Waals surface area (Å²) in [5.74, 6) is 0.101. The quantitative estimate of drug-likeness (QED) is 0.318.